The van der Waals surface area contributed by atoms with Crippen molar-refractivity contribution in [3.05, 3.63) is 29.8 Å². The number of amides is 3. The first-order chi connectivity index (χ1) is 14.9. The number of carbonyl (C=O) groups excluding carboxylic acids is 4. The van der Waals surface area contributed by atoms with Gasteiger partial charge < -0.3 is 20.7 Å². The van der Waals surface area contributed by atoms with Crippen LogP contribution in [0.3, 0.4) is 0 Å². The predicted molar refractivity (Wildman–Crippen MR) is 124 cm³/mol. The monoisotopic (exact) mass is 447 g/mol. The molecule has 0 spiro atoms. The van der Waals surface area contributed by atoms with Crippen LogP contribution in [0.1, 0.15) is 66.4 Å². The Labute approximate surface area is 190 Å². The highest BCUT2D eigenvalue weighted by Crippen LogP contribution is 2.17. The molecule has 8 nitrogen and oxygen atoms in total. The number of ether oxygens (including phenoxy) is 1. The van der Waals surface area contributed by atoms with Crippen molar-refractivity contribution in [2.45, 2.75) is 73.5 Å². The summed E-state index contributed by atoms with van der Waals surface area (Å²) in [6, 6.07) is 6.22. The molecule has 0 bridgehead atoms. The molecule has 1 aromatic carbocycles. The first-order valence-electron chi connectivity index (χ1n) is 11.1. The SMILES string of the molecule is CCCCC(=O)NC(C(=O)NCC(=O)Nc1ccc(COC(=O)C(C)(C)C)cc1)C(C)C. The Kier molecular flexibility index (Phi) is 10.9. The molecule has 0 fully saturated rings. The van der Waals surface area contributed by atoms with E-state index in [2.05, 4.69) is 16.0 Å². The smallest absolute Gasteiger partial charge is 0.311 e. The summed E-state index contributed by atoms with van der Waals surface area (Å²) in [4.78, 5) is 48.4. The lowest BCUT2D eigenvalue weighted by molar-refractivity contribution is -0.154. The van der Waals surface area contributed by atoms with Crippen LogP contribution in [0.5, 0.6) is 0 Å². The summed E-state index contributed by atoms with van der Waals surface area (Å²) in [5, 5.41) is 8.02. The van der Waals surface area contributed by atoms with Crippen molar-refractivity contribution >= 4 is 29.4 Å². The number of rotatable bonds is 11. The van der Waals surface area contributed by atoms with Crippen LogP contribution in [0.25, 0.3) is 0 Å². The fourth-order valence-corrected chi connectivity index (χ4v) is 2.65. The summed E-state index contributed by atoms with van der Waals surface area (Å²) < 4.78 is 5.27. The van der Waals surface area contributed by atoms with Gasteiger partial charge in [0.1, 0.15) is 12.6 Å². The summed E-state index contributed by atoms with van der Waals surface area (Å²) in [6.45, 7) is 11.0. The molecule has 1 atom stereocenters. The molecular weight excluding hydrogens is 410 g/mol. The van der Waals surface area contributed by atoms with E-state index < -0.39 is 17.4 Å². The molecular formula is C24H37N3O5. The number of hydrogen-bond acceptors (Lipinski definition) is 5. The molecule has 32 heavy (non-hydrogen) atoms. The quantitative estimate of drug-likeness (QED) is 0.451. The molecule has 1 unspecified atom stereocenters. The minimum Gasteiger partial charge on any atom is -0.460 e. The Morgan fingerprint density at radius 3 is 2.16 bits per heavy atom. The first kappa shape index (κ1) is 27.1. The first-order valence-corrected chi connectivity index (χ1v) is 11.1. The highest BCUT2D eigenvalue weighted by atomic mass is 16.5. The lowest BCUT2D eigenvalue weighted by Gasteiger charge is -2.21. The molecule has 0 aliphatic rings. The highest BCUT2D eigenvalue weighted by Gasteiger charge is 2.24. The van der Waals surface area contributed by atoms with Gasteiger partial charge in [-0.1, -0.05) is 39.3 Å². The molecule has 8 heteroatoms. The molecule has 0 radical (unpaired) electrons. The summed E-state index contributed by atoms with van der Waals surface area (Å²) in [7, 11) is 0. The van der Waals surface area contributed by atoms with Crippen molar-refractivity contribution in [3.63, 3.8) is 0 Å². The highest BCUT2D eigenvalue weighted by molar-refractivity contribution is 5.96. The van der Waals surface area contributed by atoms with E-state index in [1.807, 2.05) is 20.8 Å². The van der Waals surface area contributed by atoms with Crippen molar-refractivity contribution in [3.8, 4) is 0 Å². The van der Waals surface area contributed by atoms with E-state index in [9.17, 15) is 19.2 Å². The molecule has 3 N–H and O–H groups in total. The van der Waals surface area contributed by atoms with Crippen LogP contribution in [-0.4, -0.2) is 36.3 Å². The van der Waals surface area contributed by atoms with E-state index in [1.54, 1.807) is 45.0 Å². The van der Waals surface area contributed by atoms with Gasteiger partial charge in [0, 0.05) is 12.1 Å². The average molecular weight is 448 g/mol. The van der Waals surface area contributed by atoms with Gasteiger partial charge in [-0.2, -0.15) is 0 Å². The Bertz CT molecular complexity index is 782. The van der Waals surface area contributed by atoms with Crippen molar-refractivity contribution < 1.29 is 23.9 Å². The zero-order chi connectivity index (χ0) is 24.3. The van der Waals surface area contributed by atoms with Gasteiger partial charge in [0.2, 0.25) is 17.7 Å². The summed E-state index contributed by atoms with van der Waals surface area (Å²) >= 11 is 0. The summed E-state index contributed by atoms with van der Waals surface area (Å²) in [5.74, 6) is -1.34. The normalized spacial score (nSPS) is 12.1. The van der Waals surface area contributed by atoms with Crippen molar-refractivity contribution in [1.29, 1.82) is 0 Å². The van der Waals surface area contributed by atoms with E-state index in [0.29, 0.717) is 12.1 Å². The second-order valence-electron chi connectivity index (χ2n) is 9.18. The molecule has 178 valence electrons. The Hall–Kier alpha value is -2.90. The van der Waals surface area contributed by atoms with E-state index in [0.717, 1.165) is 18.4 Å². The van der Waals surface area contributed by atoms with Gasteiger partial charge in [-0.15, -0.1) is 0 Å². The maximum Gasteiger partial charge on any atom is 0.311 e. The third-order valence-electron chi connectivity index (χ3n) is 4.67. The molecule has 0 saturated carbocycles. The van der Waals surface area contributed by atoms with E-state index >= 15 is 0 Å². The lowest BCUT2D eigenvalue weighted by Crippen LogP contribution is -2.51. The summed E-state index contributed by atoms with van der Waals surface area (Å²) in [5.41, 5.74) is 0.793. The number of anilines is 1. The average Bonchev–Trinajstić information content (AvgIpc) is 2.72. The second kappa shape index (κ2) is 12.8. The van der Waals surface area contributed by atoms with Crippen LogP contribution in [0, 0.1) is 11.3 Å². The number of benzene rings is 1. The van der Waals surface area contributed by atoms with Crippen molar-refractivity contribution in [2.24, 2.45) is 11.3 Å². The standard InChI is InChI=1S/C24H37N3O5/c1-7-8-9-19(28)27-21(16(2)3)22(30)25-14-20(29)26-18-12-10-17(11-13-18)15-32-23(31)24(4,5)6/h10-13,16,21H,7-9,14-15H2,1-6H3,(H,25,30)(H,26,29)(H,27,28). The predicted octanol–water partition coefficient (Wildman–Crippen LogP) is 3.16. The molecule has 1 aromatic rings. The van der Waals surface area contributed by atoms with Gasteiger partial charge in [-0.3, -0.25) is 19.2 Å². The van der Waals surface area contributed by atoms with Crippen LogP contribution in [0.15, 0.2) is 24.3 Å². The van der Waals surface area contributed by atoms with Crippen LogP contribution < -0.4 is 16.0 Å². The lowest BCUT2D eigenvalue weighted by atomic mass is 9.97. The van der Waals surface area contributed by atoms with E-state index in [1.165, 1.54) is 0 Å². The third kappa shape index (κ3) is 9.94. The maximum absolute atomic E-state index is 12.4. The fourth-order valence-electron chi connectivity index (χ4n) is 2.65. The van der Waals surface area contributed by atoms with Crippen LogP contribution in [0.4, 0.5) is 5.69 Å². The number of nitrogens with one attached hydrogen (secondary N) is 3. The Morgan fingerprint density at radius 2 is 1.62 bits per heavy atom. The number of carbonyl (C=O) groups is 4. The minimum atomic E-state index is -0.692. The van der Waals surface area contributed by atoms with Gasteiger partial charge >= 0.3 is 5.97 Å². The van der Waals surface area contributed by atoms with Gasteiger partial charge in [0.25, 0.3) is 0 Å². The molecule has 1 rings (SSSR count). The Morgan fingerprint density at radius 1 is 1.00 bits per heavy atom. The van der Waals surface area contributed by atoms with Crippen LogP contribution in [-0.2, 0) is 30.5 Å². The van der Waals surface area contributed by atoms with Crippen molar-refractivity contribution in [2.75, 3.05) is 11.9 Å². The maximum atomic E-state index is 12.4. The van der Waals surface area contributed by atoms with Gasteiger partial charge in [-0.05, 0) is 50.8 Å². The van der Waals surface area contributed by atoms with Gasteiger partial charge in [0.05, 0.1) is 12.0 Å². The fraction of sp³-hybridized carbons (Fsp3) is 0.583. The molecule has 0 aliphatic heterocycles. The van der Waals surface area contributed by atoms with Gasteiger partial charge in [-0.25, -0.2) is 0 Å². The van der Waals surface area contributed by atoms with Crippen molar-refractivity contribution in [1.82, 2.24) is 10.6 Å². The zero-order valence-corrected chi connectivity index (χ0v) is 20.0. The second-order valence-corrected chi connectivity index (χ2v) is 9.18. The summed E-state index contributed by atoms with van der Waals surface area (Å²) in [6.07, 6.45) is 2.03. The third-order valence-corrected chi connectivity index (χ3v) is 4.67. The molecule has 0 aliphatic carbocycles. The number of unbranched alkanes of at least 4 members (excludes halogenated alkanes) is 1. The molecule has 0 aromatic heterocycles. The topological polar surface area (TPSA) is 114 Å². The molecule has 0 saturated heterocycles. The number of esters is 1. The Balaban J connectivity index is 2.51. The number of hydrogen-bond donors (Lipinski definition) is 3. The van der Waals surface area contributed by atoms with Gasteiger partial charge in [0.15, 0.2) is 0 Å². The van der Waals surface area contributed by atoms with Crippen LogP contribution in [0.2, 0.25) is 0 Å². The molecule has 3 amide bonds. The van der Waals surface area contributed by atoms with E-state index in [-0.39, 0.29) is 36.9 Å². The molecule has 0 heterocycles. The van der Waals surface area contributed by atoms with E-state index in [4.69, 9.17) is 4.74 Å². The van der Waals surface area contributed by atoms with Crippen LogP contribution >= 0.6 is 0 Å². The minimum absolute atomic E-state index is 0.108. The largest absolute Gasteiger partial charge is 0.460 e. The zero-order valence-electron chi connectivity index (χ0n) is 20.0.